The average Bonchev–Trinajstić information content (AvgIpc) is 2.98. The van der Waals surface area contributed by atoms with Crippen molar-refractivity contribution < 1.29 is 9.13 Å². The van der Waals surface area contributed by atoms with E-state index in [4.69, 9.17) is 16.3 Å². The highest BCUT2D eigenvalue weighted by molar-refractivity contribution is 6.30. The van der Waals surface area contributed by atoms with Crippen molar-refractivity contribution in [3.63, 3.8) is 0 Å². The maximum absolute atomic E-state index is 13.5. The molecule has 1 unspecified atom stereocenters. The van der Waals surface area contributed by atoms with Crippen LogP contribution in [0.4, 0.5) is 10.2 Å². The number of nitrogens with zero attached hydrogens (tertiary/aromatic N) is 3. The summed E-state index contributed by atoms with van der Waals surface area (Å²) in [5.74, 6) is 0.918. The van der Waals surface area contributed by atoms with Crippen molar-refractivity contribution in [2.45, 2.75) is 19.0 Å². The smallest absolute Gasteiger partial charge is 0.218 e. The van der Waals surface area contributed by atoms with Crippen molar-refractivity contribution in [3.05, 3.63) is 47.0 Å². The maximum Gasteiger partial charge on any atom is 0.218 e. The van der Waals surface area contributed by atoms with Crippen LogP contribution >= 0.6 is 11.6 Å². The summed E-state index contributed by atoms with van der Waals surface area (Å²) >= 11 is 5.71. The first-order valence-corrected chi connectivity index (χ1v) is 7.80. The summed E-state index contributed by atoms with van der Waals surface area (Å²) < 4.78 is 18.6. The van der Waals surface area contributed by atoms with Gasteiger partial charge < -0.3 is 10.1 Å². The minimum Gasteiger partial charge on any atom is -0.481 e. The molecular formula is C16H18ClFN4O. The number of hydrogen-bond acceptors (Lipinski definition) is 5. The van der Waals surface area contributed by atoms with Crippen molar-refractivity contribution in [2.75, 3.05) is 25.5 Å². The zero-order chi connectivity index (χ0) is 16.2. The number of hydrogen-bond donors (Lipinski definition) is 1. The normalized spacial score (nSPS) is 18.1. The molecule has 0 amide bonds. The predicted octanol–water partition coefficient (Wildman–Crippen LogP) is 2.96. The number of anilines is 1. The Labute approximate surface area is 139 Å². The van der Waals surface area contributed by atoms with E-state index in [-0.39, 0.29) is 10.8 Å². The summed E-state index contributed by atoms with van der Waals surface area (Å²) in [6.45, 7) is 2.53. The highest BCUT2D eigenvalue weighted by Crippen LogP contribution is 2.20. The van der Waals surface area contributed by atoms with E-state index in [2.05, 4.69) is 20.2 Å². The van der Waals surface area contributed by atoms with Gasteiger partial charge in [0.1, 0.15) is 18.0 Å². The Hall–Kier alpha value is -1.92. The fourth-order valence-electron chi connectivity index (χ4n) is 2.73. The van der Waals surface area contributed by atoms with Gasteiger partial charge in [-0.05, 0) is 24.1 Å². The van der Waals surface area contributed by atoms with Crippen LogP contribution in [0.1, 0.15) is 12.0 Å². The third-order valence-electron chi connectivity index (χ3n) is 3.87. The number of ether oxygens (including phenoxy) is 1. The molecule has 7 heteroatoms. The zero-order valence-electron chi connectivity index (χ0n) is 12.8. The molecule has 1 N–H and O–H groups in total. The van der Waals surface area contributed by atoms with Crippen LogP contribution in [0.15, 0.2) is 30.6 Å². The summed E-state index contributed by atoms with van der Waals surface area (Å²) in [5.41, 5.74) is 0.927. The van der Waals surface area contributed by atoms with E-state index in [0.29, 0.717) is 18.5 Å². The van der Waals surface area contributed by atoms with Crippen LogP contribution in [-0.4, -0.2) is 41.1 Å². The number of benzene rings is 1. The summed E-state index contributed by atoms with van der Waals surface area (Å²) in [5, 5.41) is 3.54. The molecule has 1 atom stereocenters. The van der Waals surface area contributed by atoms with Crippen LogP contribution in [0.2, 0.25) is 5.02 Å². The quantitative estimate of drug-likeness (QED) is 0.909. The first-order valence-electron chi connectivity index (χ1n) is 7.43. The Bertz CT molecular complexity index is 685. The Morgan fingerprint density at radius 1 is 1.39 bits per heavy atom. The molecule has 2 aromatic rings. The molecule has 0 radical (unpaired) electrons. The Morgan fingerprint density at radius 3 is 3.04 bits per heavy atom. The van der Waals surface area contributed by atoms with Crippen LogP contribution < -0.4 is 10.1 Å². The lowest BCUT2D eigenvalue weighted by Crippen LogP contribution is -2.26. The molecule has 1 fully saturated rings. The number of likely N-dealkylation sites (tertiary alicyclic amines) is 1. The van der Waals surface area contributed by atoms with Crippen molar-refractivity contribution in [1.29, 1.82) is 0 Å². The van der Waals surface area contributed by atoms with Crippen LogP contribution in [-0.2, 0) is 6.54 Å². The summed E-state index contributed by atoms with van der Waals surface area (Å²) in [4.78, 5) is 10.5. The number of rotatable bonds is 5. The first kappa shape index (κ1) is 16.0. The minimum atomic E-state index is -0.369. The minimum absolute atomic E-state index is 0.160. The van der Waals surface area contributed by atoms with Crippen LogP contribution in [0.25, 0.3) is 0 Å². The average molecular weight is 337 g/mol. The second kappa shape index (κ2) is 7.10. The van der Waals surface area contributed by atoms with Gasteiger partial charge in [-0.1, -0.05) is 17.7 Å². The number of nitrogens with one attached hydrogen (secondary N) is 1. The molecule has 0 spiro atoms. The molecule has 0 aliphatic carbocycles. The summed E-state index contributed by atoms with van der Waals surface area (Å²) in [7, 11) is 1.58. The lowest BCUT2D eigenvalue weighted by Gasteiger charge is -2.17. The number of methoxy groups -OCH3 is 1. The zero-order valence-corrected chi connectivity index (χ0v) is 13.6. The number of aromatic nitrogens is 2. The van der Waals surface area contributed by atoms with Crippen molar-refractivity contribution in [3.8, 4) is 5.88 Å². The van der Waals surface area contributed by atoms with E-state index in [9.17, 15) is 4.39 Å². The van der Waals surface area contributed by atoms with E-state index in [1.165, 1.54) is 12.4 Å². The van der Waals surface area contributed by atoms with Gasteiger partial charge in [0.2, 0.25) is 5.88 Å². The van der Waals surface area contributed by atoms with Gasteiger partial charge in [-0.3, -0.25) is 4.90 Å². The van der Waals surface area contributed by atoms with Gasteiger partial charge in [0, 0.05) is 31.7 Å². The Morgan fingerprint density at radius 2 is 2.26 bits per heavy atom. The standard InChI is InChI=1S/C16H18ClFN4O/c1-23-16-7-15(19-10-20-16)21-12-4-5-22(9-12)8-11-2-3-13(17)14(18)6-11/h2-3,6-7,10,12H,4-5,8-9H2,1H3,(H,19,20,21). The highest BCUT2D eigenvalue weighted by Gasteiger charge is 2.23. The van der Waals surface area contributed by atoms with Crippen LogP contribution in [0.5, 0.6) is 5.88 Å². The Kier molecular flexibility index (Phi) is 4.93. The van der Waals surface area contributed by atoms with Gasteiger partial charge in [0.05, 0.1) is 12.1 Å². The van der Waals surface area contributed by atoms with Gasteiger partial charge in [-0.15, -0.1) is 0 Å². The fraction of sp³-hybridized carbons (Fsp3) is 0.375. The maximum atomic E-state index is 13.5. The predicted molar refractivity (Wildman–Crippen MR) is 87.3 cm³/mol. The van der Waals surface area contributed by atoms with E-state index < -0.39 is 0 Å². The SMILES string of the molecule is COc1cc(NC2CCN(Cc3ccc(Cl)c(F)c3)C2)ncn1. The van der Waals surface area contributed by atoms with Gasteiger partial charge in [0.15, 0.2) is 0 Å². The van der Waals surface area contributed by atoms with Crippen molar-refractivity contribution in [2.24, 2.45) is 0 Å². The molecule has 1 aliphatic rings. The second-order valence-electron chi connectivity index (χ2n) is 5.56. The molecule has 5 nitrogen and oxygen atoms in total. The molecule has 1 saturated heterocycles. The van der Waals surface area contributed by atoms with Crippen molar-refractivity contribution >= 4 is 17.4 Å². The molecule has 2 heterocycles. The number of halogens is 2. The lowest BCUT2D eigenvalue weighted by atomic mass is 10.2. The summed E-state index contributed by atoms with van der Waals surface area (Å²) in [6.07, 6.45) is 2.48. The highest BCUT2D eigenvalue weighted by atomic mass is 35.5. The molecular weight excluding hydrogens is 319 g/mol. The molecule has 0 saturated carbocycles. The topological polar surface area (TPSA) is 50.3 Å². The van der Waals surface area contributed by atoms with Crippen LogP contribution in [0, 0.1) is 5.82 Å². The monoisotopic (exact) mass is 336 g/mol. The molecule has 0 bridgehead atoms. The van der Waals surface area contributed by atoms with Crippen LogP contribution in [0.3, 0.4) is 0 Å². The molecule has 122 valence electrons. The second-order valence-corrected chi connectivity index (χ2v) is 5.97. The molecule has 1 aromatic heterocycles. The van der Waals surface area contributed by atoms with E-state index in [0.717, 1.165) is 30.9 Å². The van der Waals surface area contributed by atoms with Gasteiger partial charge >= 0.3 is 0 Å². The third-order valence-corrected chi connectivity index (χ3v) is 4.17. The van der Waals surface area contributed by atoms with E-state index in [1.807, 2.05) is 6.07 Å². The Balaban J connectivity index is 1.56. The third kappa shape index (κ3) is 4.09. The van der Waals surface area contributed by atoms with E-state index >= 15 is 0 Å². The molecule has 1 aromatic carbocycles. The van der Waals surface area contributed by atoms with Gasteiger partial charge in [0.25, 0.3) is 0 Å². The largest absolute Gasteiger partial charge is 0.481 e. The van der Waals surface area contributed by atoms with E-state index in [1.54, 1.807) is 19.2 Å². The molecule has 3 rings (SSSR count). The molecule has 1 aliphatic heterocycles. The fourth-order valence-corrected chi connectivity index (χ4v) is 2.85. The van der Waals surface area contributed by atoms with Gasteiger partial charge in [-0.25, -0.2) is 14.4 Å². The molecule has 23 heavy (non-hydrogen) atoms. The van der Waals surface area contributed by atoms with Crippen molar-refractivity contribution in [1.82, 2.24) is 14.9 Å². The summed E-state index contributed by atoms with van der Waals surface area (Å²) in [6, 6.07) is 7.04. The first-order chi connectivity index (χ1) is 11.1. The van der Waals surface area contributed by atoms with Gasteiger partial charge in [-0.2, -0.15) is 0 Å². The lowest BCUT2D eigenvalue weighted by molar-refractivity contribution is 0.328.